The molecule has 1 amide bonds. The van der Waals surface area contributed by atoms with Crippen LogP contribution in [0.5, 0.6) is 5.75 Å². The molecule has 1 N–H and O–H groups in total. The number of carbonyl (C=O) groups excluding carboxylic acids is 1. The van der Waals surface area contributed by atoms with E-state index in [0.29, 0.717) is 18.1 Å². The Balaban J connectivity index is 1.63. The highest BCUT2D eigenvalue weighted by Gasteiger charge is 2.28. The fraction of sp³-hybridized carbons (Fsp3) is 0.316. The summed E-state index contributed by atoms with van der Waals surface area (Å²) in [4.78, 5) is 14.5. The molecule has 0 bridgehead atoms. The first-order valence-corrected chi connectivity index (χ1v) is 8.66. The van der Waals surface area contributed by atoms with Gasteiger partial charge >= 0.3 is 0 Å². The Morgan fingerprint density at radius 2 is 2.00 bits per heavy atom. The second kappa shape index (κ2) is 8.32. The summed E-state index contributed by atoms with van der Waals surface area (Å²) in [5, 5.41) is 3.95. The number of para-hydroxylation sites is 1. The molecule has 2 aromatic carbocycles. The third-order valence-electron chi connectivity index (χ3n) is 4.24. The predicted octanol–water partition coefficient (Wildman–Crippen LogP) is 3.42. The van der Waals surface area contributed by atoms with Gasteiger partial charge in [0.1, 0.15) is 0 Å². The van der Waals surface area contributed by atoms with Crippen molar-refractivity contribution in [1.29, 1.82) is 0 Å². The molecule has 0 saturated carbocycles. The van der Waals surface area contributed by atoms with E-state index in [1.807, 2.05) is 29.2 Å². The minimum Gasteiger partial charge on any atom is -0.490 e. The van der Waals surface area contributed by atoms with Gasteiger partial charge in [0.15, 0.2) is 11.6 Å². The van der Waals surface area contributed by atoms with Crippen LogP contribution < -0.4 is 10.1 Å². The lowest BCUT2D eigenvalue weighted by molar-refractivity contribution is -0.135. The number of ether oxygens (including phenoxy) is 1. The van der Waals surface area contributed by atoms with Gasteiger partial charge in [0.2, 0.25) is 5.91 Å². The van der Waals surface area contributed by atoms with Gasteiger partial charge < -0.3 is 15.0 Å². The van der Waals surface area contributed by atoms with Crippen LogP contribution in [0.4, 0.5) is 4.39 Å². The van der Waals surface area contributed by atoms with Gasteiger partial charge in [0.05, 0.1) is 19.1 Å². The number of hydrogen-bond donors (Lipinski definition) is 1. The zero-order valence-electron chi connectivity index (χ0n) is 13.8. The molecule has 0 aromatic heterocycles. The van der Waals surface area contributed by atoms with Gasteiger partial charge in [-0.3, -0.25) is 4.79 Å². The number of amides is 1. The third kappa shape index (κ3) is 4.30. The monoisotopic (exact) mass is 362 g/mol. The molecule has 1 aliphatic rings. The normalized spacial score (nSPS) is 17.4. The van der Waals surface area contributed by atoms with Crippen molar-refractivity contribution >= 4 is 17.5 Å². The molecule has 6 heteroatoms. The molecule has 0 radical (unpaired) electrons. The minimum absolute atomic E-state index is 0.0252. The lowest BCUT2D eigenvalue weighted by atomic mass is 10.0. The van der Waals surface area contributed by atoms with Gasteiger partial charge in [-0.2, -0.15) is 0 Å². The SMILES string of the molecule is O=C(CCOc1ccccc1F)N1CCNCC1c1ccccc1Cl. The molecule has 0 aliphatic carbocycles. The van der Waals surface area contributed by atoms with Crippen LogP contribution in [0.25, 0.3) is 0 Å². The lowest BCUT2D eigenvalue weighted by Crippen LogP contribution is -2.49. The Hall–Kier alpha value is -2.11. The lowest BCUT2D eigenvalue weighted by Gasteiger charge is -2.37. The maximum Gasteiger partial charge on any atom is 0.226 e. The van der Waals surface area contributed by atoms with Crippen LogP contribution in [0.2, 0.25) is 5.02 Å². The number of halogens is 2. The van der Waals surface area contributed by atoms with Crippen molar-refractivity contribution in [3.63, 3.8) is 0 Å². The maximum absolute atomic E-state index is 13.6. The van der Waals surface area contributed by atoms with Gasteiger partial charge in [-0.25, -0.2) is 4.39 Å². The van der Waals surface area contributed by atoms with Crippen molar-refractivity contribution in [3.05, 3.63) is 64.9 Å². The molecular formula is C19H20ClFN2O2. The second-order valence-electron chi connectivity index (χ2n) is 5.86. The van der Waals surface area contributed by atoms with Crippen molar-refractivity contribution < 1.29 is 13.9 Å². The van der Waals surface area contributed by atoms with Crippen LogP contribution in [-0.2, 0) is 4.79 Å². The number of hydrogen-bond acceptors (Lipinski definition) is 3. The quantitative estimate of drug-likeness (QED) is 0.886. The van der Waals surface area contributed by atoms with Crippen molar-refractivity contribution in [2.75, 3.05) is 26.2 Å². The topological polar surface area (TPSA) is 41.6 Å². The average molecular weight is 363 g/mol. The molecule has 25 heavy (non-hydrogen) atoms. The Morgan fingerprint density at radius 1 is 1.24 bits per heavy atom. The van der Waals surface area contributed by atoms with E-state index >= 15 is 0 Å². The predicted molar refractivity (Wildman–Crippen MR) is 95.3 cm³/mol. The summed E-state index contributed by atoms with van der Waals surface area (Å²) in [7, 11) is 0. The summed E-state index contributed by atoms with van der Waals surface area (Å²) >= 11 is 6.30. The fourth-order valence-corrected chi connectivity index (χ4v) is 3.24. The van der Waals surface area contributed by atoms with Crippen LogP contribution in [0.1, 0.15) is 18.0 Å². The van der Waals surface area contributed by atoms with Crippen LogP contribution in [0.15, 0.2) is 48.5 Å². The van der Waals surface area contributed by atoms with E-state index in [4.69, 9.17) is 16.3 Å². The molecule has 1 saturated heterocycles. The summed E-state index contributed by atoms with van der Waals surface area (Å²) < 4.78 is 19.0. The second-order valence-corrected chi connectivity index (χ2v) is 6.26. The van der Waals surface area contributed by atoms with E-state index in [2.05, 4.69) is 5.32 Å². The van der Waals surface area contributed by atoms with E-state index in [0.717, 1.165) is 12.1 Å². The molecule has 0 spiro atoms. The molecule has 1 heterocycles. The summed E-state index contributed by atoms with van der Waals surface area (Å²) in [5.74, 6) is -0.285. The largest absolute Gasteiger partial charge is 0.490 e. The van der Waals surface area contributed by atoms with Gasteiger partial charge in [0.25, 0.3) is 0 Å². The van der Waals surface area contributed by atoms with Crippen molar-refractivity contribution in [2.45, 2.75) is 12.5 Å². The standard InChI is InChI=1S/C19H20ClFN2O2/c20-15-6-2-1-5-14(15)17-13-22-10-11-23(17)19(24)9-12-25-18-8-4-3-7-16(18)21/h1-8,17,22H,9-13H2. The molecule has 1 aliphatic heterocycles. The Kier molecular flexibility index (Phi) is 5.89. The van der Waals surface area contributed by atoms with Crippen LogP contribution >= 0.6 is 11.6 Å². The molecule has 2 aromatic rings. The van der Waals surface area contributed by atoms with Crippen molar-refractivity contribution in [2.24, 2.45) is 0 Å². The molecular weight excluding hydrogens is 343 g/mol. The van der Waals surface area contributed by atoms with E-state index in [-0.39, 0.29) is 30.7 Å². The number of benzene rings is 2. The number of rotatable bonds is 5. The third-order valence-corrected chi connectivity index (χ3v) is 4.58. The maximum atomic E-state index is 13.6. The molecule has 1 unspecified atom stereocenters. The molecule has 3 rings (SSSR count). The Bertz CT molecular complexity index is 741. The summed E-state index contributed by atoms with van der Waals surface area (Å²) in [6.07, 6.45) is 0.190. The number of nitrogens with zero attached hydrogens (tertiary/aromatic N) is 1. The summed E-state index contributed by atoms with van der Waals surface area (Å²) in [6.45, 7) is 2.14. The van der Waals surface area contributed by atoms with Crippen molar-refractivity contribution in [3.8, 4) is 5.75 Å². The van der Waals surface area contributed by atoms with E-state index < -0.39 is 5.82 Å². The fourth-order valence-electron chi connectivity index (χ4n) is 2.98. The zero-order valence-corrected chi connectivity index (χ0v) is 14.5. The van der Waals surface area contributed by atoms with Gasteiger partial charge in [0, 0.05) is 24.7 Å². The minimum atomic E-state index is -0.425. The first-order valence-electron chi connectivity index (χ1n) is 8.29. The van der Waals surface area contributed by atoms with Gasteiger partial charge in [-0.05, 0) is 23.8 Å². The zero-order chi connectivity index (χ0) is 17.6. The molecule has 4 nitrogen and oxygen atoms in total. The number of carbonyl (C=O) groups is 1. The highest BCUT2D eigenvalue weighted by molar-refractivity contribution is 6.31. The molecule has 1 atom stereocenters. The van der Waals surface area contributed by atoms with E-state index in [1.54, 1.807) is 18.2 Å². The first kappa shape index (κ1) is 17.7. The smallest absolute Gasteiger partial charge is 0.226 e. The van der Waals surface area contributed by atoms with Crippen LogP contribution in [-0.4, -0.2) is 37.0 Å². The van der Waals surface area contributed by atoms with Crippen LogP contribution in [0.3, 0.4) is 0 Å². The molecule has 132 valence electrons. The van der Waals surface area contributed by atoms with Crippen molar-refractivity contribution in [1.82, 2.24) is 10.2 Å². The highest BCUT2D eigenvalue weighted by atomic mass is 35.5. The first-order chi connectivity index (χ1) is 12.2. The van der Waals surface area contributed by atoms with Gasteiger partial charge in [-0.1, -0.05) is 41.9 Å². The summed E-state index contributed by atoms with van der Waals surface area (Å²) in [6, 6.07) is 13.6. The number of piperazine rings is 1. The van der Waals surface area contributed by atoms with E-state index in [9.17, 15) is 9.18 Å². The van der Waals surface area contributed by atoms with Gasteiger partial charge in [-0.15, -0.1) is 0 Å². The Morgan fingerprint density at radius 3 is 2.80 bits per heavy atom. The number of nitrogens with one attached hydrogen (secondary N) is 1. The summed E-state index contributed by atoms with van der Waals surface area (Å²) in [5.41, 5.74) is 0.930. The molecule has 1 fully saturated rings. The van der Waals surface area contributed by atoms with E-state index in [1.165, 1.54) is 6.07 Å². The average Bonchev–Trinajstić information content (AvgIpc) is 2.64. The van der Waals surface area contributed by atoms with Crippen LogP contribution in [0, 0.1) is 5.82 Å². The highest BCUT2D eigenvalue weighted by Crippen LogP contribution is 2.29. The Labute approximate surface area is 151 Å².